The minimum absolute atomic E-state index is 0.205. The van der Waals surface area contributed by atoms with Crippen molar-refractivity contribution >= 4 is 11.6 Å². The van der Waals surface area contributed by atoms with Crippen molar-refractivity contribution in [3.05, 3.63) is 18.2 Å². The molecule has 100 valence electrons. The van der Waals surface area contributed by atoms with Crippen LogP contribution in [0.15, 0.2) is 18.2 Å². The third-order valence-corrected chi connectivity index (χ3v) is 2.51. The Kier molecular flexibility index (Phi) is 5.45. The quantitative estimate of drug-likeness (QED) is 0.809. The number of carbonyl (C=O) groups excluding carboxylic acids is 1. The molecule has 0 unspecified atom stereocenters. The highest BCUT2D eigenvalue weighted by molar-refractivity contribution is 5.94. The van der Waals surface area contributed by atoms with Gasteiger partial charge < -0.3 is 20.5 Å². The number of nitrogens with one attached hydrogen (secondary N) is 1. The number of ether oxygens (including phenoxy) is 2. The van der Waals surface area contributed by atoms with Gasteiger partial charge >= 0.3 is 0 Å². The molecule has 1 aromatic rings. The lowest BCUT2D eigenvalue weighted by molar-refractivity contribution is -0.117. The van der Waals surface area contributed by atoms with E-state index in [0.29, 0.717) is 30.2 Å². The molecular weight excluding hydrogens is 232 g/mol. The van der Waals surface area contributed by atoms with Crippen molar-refractivity contribution in [2.75, 3.05) is 19.0 Å². The zero-order valence-electron chi connectivity index (χ0n) is 11.0. The van der Waals surface area contributed by atoms with Crippen LogP contribution in [0.25, 0.3) is 0 Å². The Morgan fingerprint density at radius 2 is 2.11 bits per heavy atom. The molecule has 0 radical (unpaired) electrons. The molecule has 0 bridgehead atoms. The average Bonchev–Trinajstić information content (AvgIpc) is 2.39. The summed E-state index contributed by atoms with van der Waals surface area (Å²) in [5.74, 6) is 1.03. The highest BCUT2D eigenvalue weighted by Crippen LogP contribution is 2.30. The maximum atomic E-state index is 11.6. The first-order valence-electron chi connectivity index (χ1n) is 5.99. The van der Waals surface area contributed by atoms with Gasteiger partial charge in [0.15, 0.2) is 11.5 Å². The number of hydrogen-bond donors (Lipinski definition) is 2. The molecular formula is C13H20N2O3. The average molecular weight is 252 g/mol. The third-order valence-electron chi connectivity index (χ3n) is 2.51. The number of rotatable bonds is 6. The topological polar surface area (TPSA) is 73.6 Å². The molecule has 1 rings (SSSR count). The van der Waals surface area contributed by atoms with Crippen LogP contribution in [0.1, 0.15) is 20.3 Å². The summed E-state index contributed by atoms with van der Waals surface area (Å²) < 4.78 is 10.6. The number of carbonyl (C=O) groups is 1. The number of amides is 1. The molecule has 0 aliphatic heterocycles. The first kappa shape index (κ1) is 14.3. The maximum Gasteiger partial charge on any atom is 0.241 e. The predicted octanol–water partition coefficient (Wildman–Crippen LogP) is 1.77. The molecule has 18 heavy (non-hydrogen) atoms. The first-order valence-corrected chi connectivity index (χ1v) is 5.99. The van der Waals surface area contributed by atoms with Crippen molar-refractivity contribution in [3.63, 3.8) is 0 Å². The molecule has 5 nitrogen and oxygen atoms in total. The number of methoxy groups -OCH3 is 1. The summed E-state index contributed by atoms with van der Waals surface area (Å²) in [5, 5.41) is 2.74. The van der Waals surface area contributed by atoms with Crippen LogP contribution < -0.4 is 20.5 Å². The van der Waals surface area contributed by atoms with Crippen LogP contribution in [-0.2, 0) is 4.79 Å². The van der Waals surface area contributed by atoms with Crippen molar-refractivity contribution in [2.45, 2.75) is 26.3 Å². The predicted molar refractivity (Wildman–Crippen MR) is 71.1 cm³/mol. The fourth-order valence-corrected chi connectivity index (χ4v) is 1.44. The fourth-order valence-electron chi connectivity index (χ4n) is 1.44. The Balaban J connectivity index is 2.82. The summed E-state index contributed by atoms with van der Waals surface area (Å²) in [6.07, 6.45) is 0.597. The minimum Gasteiger partial charge on any atom is -0.493 e. The second-order valence-electron chi connectivity index (χ2n) is 3.80. The minimum atomic E-state index is -0.498. The molecule has 0 heterocycles. The van der Waals surface area contributed by atoms with Gasteiger partial charge in [-0.3, -0.25) is 4.79 Å². The van der Waals surface area contributed by atoms with Crippen LogP contribution in [-0.4, -0.2) is 25.7 Å². The molecule has 0 saturated heterocycles. The number of nitrogens with two attached hydrogens (primary N) is 1. The Morgan fingerprint density at radius 1 is 1.39 bits per heavy atom. The maximum absolute atomic E-state index is 11.6. The van der Waals surface area contributed by atoms with E-state index in [-0.39, 0.29) is 5.91 Å². The van der Waals surface area contributed by atoms with E-state index in [9.17, 15) is 4.79 Å². The zero-order valence-corrected chi connectivity index (χ0v) is 11.0. The van der Waals surface area contributed by atoms with E-state index < -0.39 is 6.04 Å². The molecule has 0 aliphatic carbocycles. The van der Waals surface area contributed by atoms with Crippen LogP contribution in [0.4, 0.5) is 5.69 Å². The fraction of sp³-hybridized carbons (Fsp3) is 0.462. The van der Waals surface area contributed by atoms with Crippen LogP contribution in [0, 0.1) is 0 Å². The summed E-state index contributed by atoms with van der Waals surface area (Å²) in [7, 11) is 1.56. The van der Waals surface area contributed by atoms with Gasteiger partial charge in [0.1, 0.15) is 0 Å². The van der Waals surface area contributed by atoms with Crippen molar-refractivity contribution in [1.82, 2.24) is 0 Å². The van der Waals surface area contributed by atoms with Crippen molar-refractivity contribution in [3.8, 4) is 11.5 Å². The monoisotopic (exact) mass is 252 g/mol. The summed E-state index contributed by atoms with van der Waals surface area (Å²) in [6, 6.07) is 4.73. The van der Waals surface area contributed by atoms with E-state index in [2.05, 4.69) is 5.32 Å². The number of anilines is 1. The highest BCUT2D eigenvalue weighted by atomic mass is 16.5. The van der Waals surface area contributed by atoms with E-state index in [1.165, 1.54) is 0 Å². The molecule has 5 heteroatoms. The molecule has 3 N–H and O–H groups in total. The highest BCUT2D eigenvalue weighted by Gasteiger charge is 2.12. The molecule has 0 saturated carbocycles. The van der Waals surface area contributed by atoms with E-state index in [0.717, 1.165) is 0 Å². The van der Waals surface area contributed by atoms with E-state index in [1.807, 2.05) is 13.8 Å². The van der Waals surface area contributed by atoms with Gasteiger partial charge in [-0.05, 0) is 25.5 Å². The molecule has 0 aliphatic rings. The van der Waals surface area contributed by atoms with Gasteiger partial charge in [-0.1, -0.05) is 6.92 Å². The van der Waals surface area contributed by atoms with Crippen molar-refractivity contribution in [1.29, 1.82) is 0 Å². The normalized spacial score (nSPS) is 11.8. The second-order valence-corrected chi connectivity index (χ2v) is 3.80. The molecule has 1 amide bonds. The lowest BCUT2D eigenvalue weighted by atomic mass is 10.2. The third kappa shape index (κ3) is 3.63. The van der Waals surface area contributed by atoms with Gasteiger partial charge in [-0.25, -0.2) is 0 Å². The second kappa shape index (κ2) is 6.86. The van der Waals surface area contributed by atoms with Crippen LogP contribution in [0.2, 0.25) is 0 Å². The van der Waals surface area contributed by atoms with Gasteiger partial charge in [0.2, 0.25) is 5.91 Å². The molecule has 1 atom stereocenters. The van der Waals surface area contributed by atoms with Crippen LogP contribution in [0.3, 0.4) is 0 Å². The molecule has 0 fully saturated rings. The standard InChI is InChI=1S/C13H20N2O3/c1-4-10(14)13(16)15-9-6-7-11(18-5-2)12(8-9)17-3/h6-8,10H,4-5,14H2,1-3H3,(H,15,16)/t10-/m1/s1. The van der Waals surface area contributed by atoms with Gasteiger partial charge in [-0.2, -0.15) is 0 Å². The van der Waals surface area contributed by atoms with E-state index in [4.69, 9.17) is 15.2 Å². The van der Waals surface area contributed by atoms with Gasteiger partial charge in [0, 0.05) is 11.8 Å². The zero-order chi connectivity index (χ0) is 13.5. The first-order chi connectivity index (χ1) is 8.62. The molecule has 1 aromatic carbocycles. The largest absolute Gasteiger partial charge is 0.493 e. The smallest absolute Gasteiger partial charge is 0.241 e. The Hall–Kier alpha value is -1.75. The summed E-state index contributed by atoms with van der Waals surface area (Å²) in [4.78, 5) is 11.6. The van der Waals surface area contributed by atoms with Crippen LogP contribution in [0.5, 0.6) is 11.5 Å². The summed E-state index contributed by atoms with van der Waals surface area (Å²) >= 11 is 0. The Bertz CT molecular complexity index is 407. The molecule has 0 aromatic heterocycles. The number of benzene rings is 1. The lowest BCUT2D eigenvalue weighted by Crippen LogP contribution is -2.34. The Morgan fingerprint density at radius 3 is 2.67 bits per heavy atom. The van der Waals surface area contributed by atoms with E-state index in [1.54, 1.807) is 25.3 Å². The van der Waals surface area contributed by atoms with Crippen molar-refractivity contribution < 1.29 is 14.3 Å². The number of hydrogen-bond acceptors (Lipinski definition) is 4. The SMILES string of the molecule is CCOc1ccc(NC(=O)[C@H](N)CC)cc1OC. The lowest BCUT2D eigenvalue weighted by Gasteiger charge is -2.13. The van der Waals surface area contributed by atoms with Gasteiger partial charge in [0.05, 0.1) is 19.8 Å². The summed E-state index contributed by atoms with van der Waals surface area (Å²) in [5.41, 5.74) is 6.29. The molecule has 0 spiro atoms. The van der Waals surface area contributed by atoms with Crippen molar-refractivity contribution in [2.24, 2.45) is 5.73 Å². The Labute approximate surface area is 107 Å². The van der Waals surface area contributed by atoms with E-state index >= 15 is 0 Å². The van der Waals surface area contributed by atoms with Gasteiger partial charge in [0.25, 0.3) is 0 Å². The summed E-state index contributed by atoms with van der Waals surface area (Å²) in [6.45, 7) is 4.32. The van der Waals surface area contributed by atoms with Crippen LogP contribution >= 0.6 is 0 Å². The van der Waals surface area contributed by atoms with Gasteiger partial charge in [-0.15, -0.1) is 0 Å².